The smallest absolute Gasteiger partial charge is 0.229 e. The van der Waals surface area contributed by atoms with Gasteiger partial charge in [-0.2, -0.15) is 0 Å². The van der Waals surface area contributed by atoms with Crippen molar-refractivity contribution in [1.82, 2.24) is 0 Å². The Morgan fingerprint density at radius 1 is 1.15 bits per heavy atom. The van der Waals surface area contributed by atoms with Crippen molar-refractivity contribution in [2.24, 2.45) is 17.3 Å². The molecule has 1 aromatic carbocycles. The summed E-state index contributed by atoms with van der Waals surface area (Å²) in [5, 5.41) is 51.4. The van der Waals surface area contributed by atoms with Crippen molar-refractivity contribution in [1.29, 1.82) is 0 Å². The number of carboxylic acid groups (broad SMARTS) is 1. The molecule has 1 aliphatic heterocycles. The van der Waals surface area contributed by atoms with Gasteiger partial charge in [-0.3, -0.25) is 4.79 Å². The van der Waals surface area contributed by atoms with Crippen molar-refractivity contribution in [2.75, 3.05) is 0 Å². The molecular weight excluding hydrogens is 432 g/mol. The molecular formula is C24H29O9-. The second-order valence-corrected chi connectivity index (χ2v) is 10.2. The van der Waals surface area contributed by atoms with Crippen LogP contribution in [0.15, 0.2) is 18.2 Å². The molecule has 1 heterocycles. The highest BCUT2D eigenvalue weighted by Crippen LogP contribution is 2.59. The number of carbonyl (C=O) groups excluding carboxylic acids is 2. The number of fused-ring (bicyclic) bond motifs is 5. The number of hydrogen-bond acceptors (Lipinski definition) is 9. The molecule has 0 spiro atoms. The minimum Gasteiger partial charge on any atom is -0.547 e. The van der Waals surface area contributed by atoms with E-state index in [9.17, 15) is 35.1 Å². The van der Waals surface area contributed by atoms with Crippen LogP contribution in [0.1, 0.15) is 49.7 Å². The van der Waals surface area contributed by atoms with E-state index in [0.717, 1.165) is 31.2 Å². The highest BCUT2D eigenvalue weighted by Gasteiger charge is 2.57. The SMILES string of the molecule is C[C@]12CC[C@@H]3c4ccc(O[C@@H]5O[C@H](C(=O)[O-])[C@@H](O)[C@H](O)[C@H]5O)cc4CC[C@H]3[C@@H]1C[C@@H](O)C2=O. The molecule has 10 atom stereocenters. The average Bonchev–Trinajstić information content (AvgIpc) is 3.02. The van der Waals surface area contributed by atoms with E-state index in [4.69, 9.17) is 9.47 Å². The number of ether oxygens (including phenoxy) is 2. The fourth-order valence-corrected chi connectivity index (χ4v) is 6.70. The number of ketones is 1. The zero-order valence-corrected chi connectivity index (χ0v) is 18.3. The highest BCUT2D eigenvalue weighted by molar-refractivity contribution is 5.91. The van der Waals surface area contributed by atoms with E-state index in [1.54, 1.807) is 6.07 Å². The molecule has 0 amide bonds. The van der Waals surface area contributed by atoms with Crippen molar-refractivity contribution in [3.05, 3.63) is 29.3 Å². The minimum atomic E-state index is -1.83. The molecule has 4 N–H and O–H groups in total. The van der Waals surface area contributed by atoms with Gasteiger partial charge >= 0.3 is 0 Å². The summed E-state index contributed by atoms with van der Waals surface area (Å²) in [7, 11) is 0. The maximum atomic E-state index is 12.6. The number of Topliss-reactive ketones (excluding diaryl/α,β-unsaturated/α-hetero) is 1. The van der Waals surface area contributed by atoms with Crippen LogP contribution in [-0.2, 0) is 20.7 Å². The van der Waals surface area contributed by atoms with Crippen molar-refractivity contribution in [3.63, 3.8) is 0 Å². The second-order valence-electron chi connectivity index (χ2n) is 10.2. The fourth-order valence-electron chi connectivity index (χ4n) is 6.70. The fraction of sp³-hybridized carbons (Fsp3) is 0.667. The van der Waals surface area contributed by atoms with Gasteiger partial charge < -0.3 is 39.8 Å². The average molecular weight is 461 g/mol. The van der Waals surface area contributed by atoms with Gasteiger partial charge in [0, 0.05) is 5.41 Å². The summed E-state index contributed by atoms with van der Waals surface area (Å²) < 4.78 is 10.8. The molecule has 9 heteroatoms. The first kappa shape index (κ1) is 22.7. The van der Waals surface area contributed by atoms with E-state index >= 15 is 0 Å². The topological polar surface area (TPSA) is 157 Å². The summed E-state index contributed by atoms with van der Waals surface area (Å²) in [6.07, 6.45) is -5.61. The van der Waals surface area contributed by atoms with Crippen LogP contribution < -0.4 is 9.84 Å². The molecule has 0 radical (unpaired) electrons. The van der Waals surface area contributed by atoms with Crippen molar-refractivity contribution in [2.45, 2.75) is 81.8 Å². The quantitative estimate of drug-likeness (QED) is 0.444. The first-order valence-electron chi connectivity index (χ1n) is 11.5. The van der Waals surface area contributed by atoms with E-state index in [1.807, 2.05) is 19.1 Å². The lowest BCUT2D eigenvalue weighted by Gasteiger charge is -2.48. The number of carboxylic acids is 1. The zero-order chi connectivity index (χ0) is 23.7. The summed E-state index contributed by atoms with van der Waals surface area (Å²) in [4.78, 5) is 23.8. The minimum absolute atomic E-state index is 0.0197. The monoisotopic (exact) mass is 461 g/mol. The van der Waals surface area contributed by atoms with E-state index in [2.05, 4.69) is 0 Å². The predicted octanol–water partition coefficient (Wildman–Crippen LogP) is -0.981. The summed E-state index contributed by atoms with van der Waals surface area (Å²) in [6.45, 7) is 2.00. The third-order valence-electron chi connectivity index (χ3n) is 8.48. The van der Waals surface area contributed by atoms with Gasteiger partial charge in [0.1, 0.15) is 36.3 Å². The van der Waals surface area contributed by atoms with Gasteiger partial charge in [-0.15, -0.1) is 0 Å². The van der Waals surface area contributed by atoms with Gasteiger partial charge in [-0.25, -0.2) is 0 Å². The van der Waals surface area contributed by atoms with Crippen LogP contribution in [0.25, 0.3) is 0 Å². The molecule has 2 saturated carbocycles. The molecule has 1 aromatic rings. The largest absolute Gasteiger partial charge is 0.547 e. The summed E-state index contributed by atoms with van der Waals surface area (Å²) in [5.74, 6) is -0.595. The van der Waals surface area contributed by atoms with Crippen molar-refractivity contribution >= 4 is 11.8 Å². The molecule has 9 nitrogen and oxygen atoms in total. The Labute approximate surface area is 190 Å². The first-order valence-corrected chi connectivity index (χ1v) is 11.5. The van der Waals surface area contributed by atoms with Crippen LogP contribution in [0.4, 0.5) is 0 Å². The molecule has 180 valence electrons. The van der Waals surface area contributed by atoms with E-state index < -0.39 is 48.2 Å². The Bertz CT molecular complexity index is 963. The predicted molar refractivity (Wildman–Crippen MR) is 110 cm³/mol. The summed E-state index contributed by atoms with van der Waals surface area (Å²) in [5.41, 5.74) is 1.81. The molecule has 33 heavy (non-hydrogen) atoms. The molecule has 0 aromatic heterocycles. The maximum absolute atomic E-state index is 12.6. The number of rotatable bonds is 3. The van der Waals surface area contributed by atoms with Crippen LogP contribution >= 0.6 is 0 Å². The molecule has 4 aliphatic rings. The first-order chi connectivity index (χ1) is 15.6. The van der Waals surface area contributed by atoms with E-state index in [-0.39, 0.29) is 17.6 Å². The normalized spacial score (nSPS) is 44.5. The second kappa shape index (κ2) is 8.02. The number of aliphatic hydroxyl groups excluding tert-OH is 4. The van der Waals surface area contributed by atoms with Gasteiger partial charge in [0.05, 0.1) is 5.97 Å². The standard InChI is InChI=1S/C24H30O9/c1-24-7-6-13-12-5-3-11(32-23-19(28)17(26)18(27)20(33-23)22(30)31)8-10(12)2-4-14(13)15(24)9-16(25)21(24)29/h3,5,8,13-20,23,25-28H,2,4,6-7,9H2,1H3,(H,30,31)/p-1/t13-,14-,15+,16-,17+,18+,19-,20+,23-,24+/m1/s1. The summed E-state index contributed by atoms with van der Waals surface area (Å²) >= 11 is 0. The Morgan fingerprint density at radius 2 is 1.91 bits per heavy atom. The van der Waals surface area contributed by atoms with Gasteiger partial charge in [0.25, 0.3) is 0 Å². The van der Waals surface area contributed by atoms with Crippen LogP contribution in [0.2, 0.25) is 0 Å². The van der Waals surface area contributed by atoms with E-state index in [0.29, 0.717) is 18.1 Å². The lowest BCUT2D eigenvalue weighted by atomic mass is 9.55. The molecule has 5 rings (SSSR count). The third-order valence-corrected chi connectivity index (χ3v) is 8.48. The Morgan fingerprint density at radius 3 is 2.64 bits per heavy atom. The van der Waals surface area contributed by atoms with Crippen LogP contribution in [-0.4, -0.2) is 69.0 Å². The molecule has 0 bridgehead atoms. The number of aliphatic hydroxyl groups is 4. The number of hydrogen-bond donors (Lipinski definition) is 4. The van der Waals surface area contributed by atoms with Crippen LogP contribution in [0.3, 0.4) is 0 Å². The van der Waals surface area contributed by atoms with Crippen molar-refractivity contribution in [3.8, 4) is 5.75 Å². The summed E-state index contributed by atoms with van der Waals surface area (Å²) in [6, 6.07) is 5.49. The van der Waals surface area contributed by atoms with Crippen LogP contribution in [0, 0.1) is 17.3 Å². The molecule has 3 aliphatic carbocycles. The number of benzene rings is 1. The third kappa shape index (κ3) is 3.49. The van der Waals surface area contributed by atoms with Gasteiger partial charge in [0.2, 0.25) is 6.29 Å². The van der Waals surface area contributed by atoms with Gasteiger partial charge in [0.15, 0.2) is 5.78 Å². The molecule has 0 unspecified atom stereocenters. The van der Waals surface area contributed by atoms with Crippen LogP contribution in [0.5, 0.6) is 5.75 Å². The van der Waals surface area contributed by atoms with Gasteiger partial charge in [-0.05, 0) is 73.1 Å². The lowest BCUT2D eigenvalue weighted by molar-refractivity contribution is -0.342. The van der Waals surface area contributed by atoms with Crippen molar-refractivity contribution < 1.29 is 44.6 Å². The lowest BCUT2D eigenvalue weighted by Crippen LogP contribution is -2.63. The zero-order valence-electron chi connectivity index (χ0n) is 18.3. The molecule has 3 fully saturated rings. The number of aryl methyl sites for hydroxylation is 1. The maximum Gasteiger partial charge on any atom is 0.229 e. The number of aliphatic carboxylic acids is 1. The van der Waals surface area contributed by atoms with Gasteiger partial charge in [-0.1, -0.05) is 13.0 Å². The molecule has 1 saturated heterocycles. The Hall–Kier alpha value is -2.04. The number of carbonyl (C=O) groups is 2. The van der Waals surface area contributed by atoms with E-state index in [1.165, 1.54) is 5.56 Å². The Balaban J connectivity index is 1.35. The Kier molecular flexibility index (Phi) is 5.53. The highest BCUT2D eigenvalue weighted by atomic mass is 16.7.